The van der Waals surface area contributed by atoms with Crippen molar-refractivity contribution in [1.29, 1.82) is 0 Å². The maximum atomic E-state index is 12.4. The molecule has 122 valence electrons. The summed E-state index contributed by atoms with van der Waals surface area (Å²) in [5.41, 5.74) is 0.244. The van der Waals surface area contributed by atoms with Crippen LogP contribution in [0.15, 0.2) is 36.4 Å². The van der Waals surface area contributed by atoms with E-state index in [1.807, 2.05) is 0 Å². The number of amides is 1. The van der Waals surface area contributed by atoms with Crippen LogP contribution < -0.4 is 14.8 Å². The Hall–Kier alpha value is -2.05. The molecule has 0 spiro atoms. The van der Waals surface area contributed by atoms with Gasteiger partial charge in [0, 0.05) is 5.56 Å². The fourth-order valence-electron chi connectivity index (χ4n) is 1.85. The molecule has 23 heavy (non-hydrogen) atoms. The number of carbonyl (C=O) groups is 1. The molecule has 1 amide bonds. The normalized spacial score (nSPS) is 10.5. The van der Waals surface area contributed by atoms with Crippen molar-refractivity contribution in [2.75, 3.05) is 12.4 Å². The third-order valence-electron chi connectivity index (χ3n) is 2.82. The first-order valence-corrected chi connectivity index (χ1v) is 7.06. The molecule has 4 nitrogen and oxygen atoms in total. The molecule has 2 rings (SSSR count). The number of rotatable bonds is 5. The second kappa shape index (κ2) is 7.48. The van der Waals surface area contributed by atoms with Crippen molar-refractivity contribution in [3.8, 4) is 11.5 Å². The highest BCUT2D eigenvalue weighted by Crippen LogP contribution is 2.34. The second-order valence-corrected chi connectivity index (χ2v) is 5.12. The minimum Gasteiger partial charge on any atom is -0.494 e. The first-order valence-electron chi connectivity index (χ1n) is 6.30. The zero-order valence-corrected chi connectivity index (χ0v) is 13.3. The Morgan fingerprint density at radius 1 is 1.17 bits per heavy atom. The Labute approximate surface area is 140 Å². The Balaban J connectivity index is 2.26. The summed E-state index contributed by atoms with van der Waals surface area (Å²) in [5.74, 6) is -0.491. The van der Waals surface area contributed by atoms with Crippen LogP contribution in [0.4, 0.5) is 14.5 Å². The van der Waals surface area contributed by atoms with E-state index in [9.17, 15) is 13.6 Å². The monoisotopic (exact) mass is 361 g/mol. The number of ether oxygens (including phenoxy) is 2. The van der Waals surface area contributed by atoms with Crippen LogP contribution in [0.3, 0.4) is 0 Å². The lowest BCUT2D eigenvalue weighted by Crippen LogP contribution is -2.14. The van der Waals surface area contributed by atoms with Gasteiger partial charge in [0.15, 0.2) is 5.75 Å². The molecule has 0 aliphatic heterocycles. The standard InChI is InChI=1S/C15H11Cl2F2NO3/c1-22-13-9(16)6-8(7-10(13)17)14(21)20-11-4-2-3-5-12(11)23-15(18)19/h2-7,15H,1H3,(H,20,21). The average molecular weight is 362 g/mol. The molecule has 0 saturated heterocycles. The van der Waals surface area contributed by atoms with Gasteiger partial charge >= 0.3 is 6.61 Å². The van der Waals surface area contributed by atoms with Gasteiger partial charge in [0.1, 0.15) is 5.75 Å². The number of para-hydroxylation sites is 2. The summed E-state index contributed by atoms with van der Waals surface area (Å²) in [7, 11) is 1.39. The van der Waals surface area contributed by atoms with Crippen molar-refractivity contribution >= 4 is 34.8 Å². The lowest BCUT2D eigenvalue weighted by molar-refractivity contribution is -0.0493. The fourth-order valence-corrected chi connectivity index (χ4v) is 2.49. The van der Waals surface area contributed by atoms with Gasteiger partial charge in [-0.2, -0.15) is 8.78 Å². The number of carbonyl (C=O) groups excluding carboxylic acids is 1. The highest BCUT2D eigenvalue weighted by Gasteiger charge is 2.16. The van der Waals surface area contributed by atoms with E-state index in [4.69, 9.17) is 27.9 Å². The second-order valence-electron chi connectivity index (χ2n) is 4.30. The van der Waals surface area contributed by atoms with E-state index in [0.717, 1.165) is 0 Å². The summed E-state index contributed by atoms with van der Waals surface area (Å²) >= 11 is 11.9. The highest BCUT2D eigenvalue weighted by molar-refractivity contribution is 6.37. The maximum absolute atomic E-state index is 12.4. The molecule has 0 aliphatic carbocycles. The van der Waals surface area contributed by atoms with Gasteiger partial charge in [-0.25, -0.2) is 0 Å². The van der Waals surface area contributed by atoms with Crippen molar-refractivity contribution in [1.82, 2.24) is 0 Å². The molecule has 2 aromatic rings. The van der Waals surface area contributed by atoms with Crippen LogP contribution in [0.5, 0.6) is 11.5 Å². The Kier molecular flexibility index (Phi) is 5.63. The summed E-state index contributed by atoms with van der Waals surface area (Å²) in [6, 6.07) is 8.55. The summed E-state index contributed by atoms with van der Waals surface area (Å²) < 4.78 is 34.1. The van der Waals surface area contributed by atoms with Crippen molar-refractivity contribution in [3.63, 3.8) is 0 Å². The summed E-state index contributed by atoms with van der Waals surface area (Å²) in [5, 5.41) is 2.78. The Morgan fingerprint density at radius 3 is 2.35 bits per heavy atom. The fraction of sp³-hybridized carbons (Fsp3) is 0.133. The predicted molar refractivity (Wildman–Crippen MR) is 84.0 cm³/mol. The molecular weight excluding hydrogens is 351 g/mol. The van der Waals surface area contributed by atoms with Crippen LogP contribution in [0, 0.1) is 0 Å². The Morgan fingerprint density at radius 2 is 1.78 bits per heavy atom. The van der Waals surface area contributed by atoms with Crippen LogP contribution in [-0.2, 0) is 0 Å². The van der Waals surface area contributed by atoms with E-state index in [2.05, 4.69) is 10.1 Å². The largest absolute Gasteiger partial charge is 0.494 e. The van der Waals surface area contributed by atoms with Crippen molar-refractivity contribution in [2.24, 2.45) is 0 Å². The van der Waals surface area contributed by atoms with Gasteiger partial charge in [-0.3, -0.25) is 4.79 Å². The number of nitrogens with one attached hydrogen (secondary N) is 1. The SMILES string of the molecule is COc1c(Cl)cc(C(=O)Nc2ccccc2OC(F)F)cc1Cl. The van der Waals surface area contributed by atoms with E-state index in [0.29, 0.717) is 0 Å². The van der Waals surface area contributed by atoms with E-state index in [1.165, 1.54) is 37.4 Å². The number of hydrogen-bond donors (Lipinski definition) is 1. The summed E-state index contributed by atoms with van der Waals surface area (Å²) in [6.07, 6.45) is 0. The van der Waals surface area contributed by atoms with Gasteiger partial charge in [0.05, 0.1) is 22.8 Å². The molecular formula is C15H11Cl2F2NO3. The van der Waals surface area contributed by atoms with E-state index < -0.39 is 12.5 Å². The zero-order chi connectivity index (χ0) is 17.0. The van der Waals surface area contributed by atoms with E-state index in [-0.39, 0.29) is 32.8 Å². The minimum atomic E-state index is -3.00. The molecule has 0 radical (unpaired) electrons. The molecule has 0 atom stereocenters. The summed E-state index contributed by atoms with van der Waals surface area (Å²) in [6.45, 7) is -3.00. The Bertz CT molecular complexity index is 703. The molecule has 8 heteroatoms. The maximum Gasteiger partial charge on any atom is 0.387 e. The lowest BCUT2D eigenvalue weighted by atomic mass is 10.2. The van der Waals surface area contributed by atoms with Crippen LogP contribution in [-0.4, -0.2) is 19.6 Å². The molecule has 0 fully saturated rings. The number of methoxy groups -OCH3 is 1. The molecule has 0 aromatic heterocycles. The number of benzene rings is 2. The summed E-state index contributed by atoms with van der Waals surface area (Å²) in [4.78, 5) is 12.2. The number of hydrogen-bond acceptors (Lipinski definition) is 3. The van der Waals surface area contributed by atoms with Gasteiger partial charge in [0.2, 0.25) is 0 Å². The smallest absolute Gasteiger partial charge is 0.387 e. The number of anilines is 1. The molecule has 2 aromatic carbocycles. The molecule has 0 bridgehead atoms. The van der Waals surface area contributed by atoms with Gasteiger partial charge < -0.3 is 14.8 Å². The van der Waals surface area contributed by atoms with Crippen molar-refractivity contribution < 1.29 is 23.0 Å². The van der Waals surface area contributed by atoms with Crippen LogP contribution in [0.25, 0.3) is 0 Å². The van der Waals surface area contributed by atoms with E-state index in [1.54, 1.807) is 6.07 Å². The van der Waals surface area contributed by atoms with Gasteiger partial charge in [-0.1, -0.05) is 35.3 Å². The predicted octanol–water partition coefficient (Wildman–Crippen LogP) is 4.86. The zero-order valence-electron chi connectivity index (χ0n) is 11.8. The third-order valence-corrected chi connectivity index (χ3v) is 3.38. The topological polar surface area (TPSA) is 47.6 Å². The quantitative estimate of drug-likeness (QED) is 0.827. The van der Waals surface area contributed by atoms with Crippen molar-refractivity contribution in [3.05, 3.63) is 52.0 Å². The third kappa shape index (κ3) is 4.24. The van der Waals surface area contributed by atoms with Crippen molar-refractivity contribution in [2.45, 2.75) is 6.61 Å². The lowest BCUT2D eigenvalue weighted by Gasteiger charge is -2.12. The van der Waals surface area contributed by atoms with Crippen LogP contribution >= 0.6 is 23.2 Å². The van der Waals surface area contributed by atoms with Crippen LogP contribution in [0.1, 0.15) is 10.4 Å². The first-order chi connectivity index (χ1) is 10.9. The van der Waals surface area contributed by atoms with E-state index >= 15 is 0 Å². The number of alkyl halides is 2. The molecule has 0 heterocycles. The minimum absolute atomic E-state index is 0.0980. The first kappa shape index (κ1) is 17.3. The average Bonchev–Trinajstić information content (AvgIpc) is 2.48. The van der Waals surface area contributed by atoms with Crippen LogP contribution in [0.2, 0.25) is 10.0 Å². The molecule has 0 unspecified atom stereocenters. The highest BCUT2D eigenvalue weighted by atomic mass is 35.5. The molecule has 0 aliphatic rings. The molecule has 1 N–H and O–H groups in total. The molecule has 0 saturated carbocycles. The van der Waals surface area contributed by atoms with Gasteiger partial charge in [0.25, 0.3) is 5.91 Å². The number of halogens is 4. The van der Waals surface area contributed by atoms with Gasteiger partial charge in [-0.15, -0.1) is 0 Å². The van der Waals surface area contributed by atoms with Gasteiger partial charge in [-0.05, 0) is 24.3 Å².